The van der Waals surface area contributed by atoms with Gasteiger partial charge in [-0.25, -0.2) is 0 Å². The molecular weight excluding hydrogens is 306 g/mol. The average Bonchev–Trinajstić information content (AvgIpc) is 3.09. The summed E-state index contributed by atoms with van der Waals surface area (Å²) in [5.74, 6) is 0.227. The highest BCUT2D eigenvalue weighted by Crippen LogP contribution is 2.23. The first-order valence-electron chi connectivity index (χ1n) is 7.00. The van der Waals surface area contributed by atoms with Gasteiger partial charge in [0.15, 0.2) is 5.82 Å². The zero-order chi connectivity index (χ0) is 14.8. The van der Waals surface area contributed by atoms with Gasteiger partial charge in [0.25, 0.3) is 5.89 Å². The van der Waals surface area contributed by atoms with Gasteiger partial charge in [-0.15, -0.1) is 12.4 Å². The molecule has 0 aliphatic carbocycles. The Labute approximate surface area is 134 Å². The highest BCUT2D eigenvalue weighted by Gasteiger charge is 2.31. The first kappa shape index (κ1) is 16.5. The number of hydrogen-bond donors (Lipinski definition) is 1. The molecule has 1 saturated heterocycles. The molecule has 1 aromatic heterocycles. The monoisotopic (exact) mass is 323 g/mol. The summed E-state index contributed by atoms with van der Waals surface area (Å²) in [5, 5.41) is 13.1. The molecule has 1 aliphatic rings. The lowest BCUT2D eigenvalue weighted by Gasteiger charge is -2.18. The van der Waals surface area contributed by atoms with Crippen molar-refractivity contribution in [3.05, 3.63) is 35.7 Å². The van der Waals surface area contributed by atoms with Crippen LogP contribution in [-0.4, -0.2) is 38.7 Å². The van der Waals surface area contributed by atoms with E-state index in [0.29, 0.717) is 24.7 Å². The molecule has 118 valence electrons. The number of aromatic nitrogens is 2. The van der Waals surface area contributed by atoms with Crippen molar-refractivity contribution in [3.8, 4) is 11.5 Å². The highest BCUT2D eigenvalue weighted by molar-refractivity contribution is 5.85. The summed E-state index contributed by atoms with van der Waals surface area (Å²) in [6.07, 6.45) is 1.57. The second kappa shape index (κ2) is 6.89. The molecule has 3 rings (SSSR count). The Hall–Kier alpha value is -1.92. The predicted octanol–water partition coefficient (Wildman–Crippen LogP) is 2.52. The Morgan fingerprint density at radius 3 is 2.95 bits per heavy atom. The third kappa shape index (κ3) is 3.28. The summed E-state index contributed by atoms with van der Waals surface area (Å²) in [6.45, 7) is 3.15. The number of benzene rings is 1. The summed E-state index contributed by atoms with van der Waals surface area (Å²) < 4.78 is 5.30. The van der Waals surface area contributed by atoms with Gasteiger partial charge in [-0.2, -0.15) is 4.98 Å². The number of hydrogen-bond acceptors (Lipinski definition) is 5. The van der Waals surface area contributed by atoms with Crippen LogP contribution in [0.25, 0.3) is 11.5 Å². The molecule has 0 amide bonds. The maximum atomic E-state index is 11.2. The Morgan fingerprint density at radius 1 is 1.45 bits per heavy atom. The number of carboxylic acid groups (broad SMARTS) is 1. The van der Waals surface area contributed by atoms with E-state index in [2.05, 4.69) is 10.1 Å². The van der Waals surface area contributed by atoms with E-state index >= 15 is 0 Å². The molecule has 0 spiro atoms. The van der Waals surface area contributed by atoms with Crippen molar-refractivity contribution in [3.63, 3.8) is 0 Å². The lowest BCUT2D eigenvalue weighted by molar-refractivity contribution is -0.142. The van der Waals surface area contributed by atoms with Crippen LogP contribution < -0.4 is 0 Å². The highest BCUT2D eigenvalue weighted by atomic mass is 35.5. The van der Waals surface area contributed by atoms with Gasteiger partial charge in [-0.05, 0) is 37.9 Å². The molecule has 1 aliphatic heterocycles. The van der Waals surface area contributed by atoms with Gasteiger partial charge in [0, 0.05) is 5.56 Å². The molecule has 1 fully saturated rings. The van der Waals surface area contributed by atoms with E-state index in [9.17, 15) is 9.90 Å². The molecule has 0 saturated carbocycles. The van der Waals surface area contributed by atoms with E-state index in [1.54, 1.807) is 0 Å². The number of carboxylic acids is 1. The molecule has 2 aromatic rings. The van der Waals surface area contributed by atoms with E-state index in [0.717, 1.165) is 24.1 Å². The maximum absolute atomic E-state index is 11.2. The number of carbonyl (C=O) groups is 1. The first-order valence-corrected chi connectivity index (χ1v) is 7.00. The molecule has 0 bridgehead atoms. The number of rotatable bonds is 4. The van der Waals surface area contributed by atoms with Crippen molar-refractivity contribution in [2.75, 3.05) is 6.54 Å². The molecule has 1 unspecified atom stereocenters. The molecule has 1 N–H and O–H groups in total. The minimum atomic E-state index is -0.782. The topological polar surface area (TPSA) is 79.5 Å². The summed E-state index contributed by atoms with van der Waals surface area (Å²) in [7, 11) is 0. The molecule has 1 atom stereocenters. The van der Waals surface area contributed by atoms with Crippen LogP contribution in [0.4, 0.5) is 0 Å². The predicted molar refractivity (Wildman–Crippen MR) is 82.8 cm³/mol. The van der Waals surface area contributed by atoms with Crippen LogP contribution in [0.3, 0.4) is 0 Å². The van der Waals surface area contributed by atoms with Crippen molar-refractivity contribution >= 4 is 18.4 Å². The van der Waals surface area contributed by atoms with E-state index in [4.69, 9.17) is 4.52 Å². The summed E-state index contributed by atoms with van der Waals surface area (Å²) in [6, 6.07) is 7.36. The second-order valence-electron chi connectivity index (χ2n) is 5.30. The zero-order valence-corrected chi connectivity index (χ0v) is 13.0. The van der Waals surface area contributed by atoms with Crippen molar-refractivity contribution in [1.29, 1.82) is 0 Å². The van der Waals surface area contributed by atoms with Crippen LogP contribution in [0.1, 0.15) is 24.2 Å². The van der Waals surface area contributed by atoms with Crippen molar-refractivity contribution in [2.24, 2.45) is 0 Å². The number of likely N-dealkylation sites (tertiary alicyclic amines) is 1. The minimum absolute atomic E-state index is 0. The van der Waals surface area contributed by atoms with Crippen LogP contribution in [0.5, 0.6) is 0 Å². The van der Waals surface area contributed by atoms with Crippen LogP contribution in [0, 0.1) is 6.92 Å². The largest absolute Gasteiger partial charge is 0.480 e. The lowest BCUT2D eigenvalue weighted by atomic mass is 10.1. The Kier molecular flexibility index (Phi) is 5.15. The quantitative estimate of drug-likeness (QED) is 0.931. The Bertz CT molecular complexity index is 659. The summed E-state index contributed by atoms with van der Waals surface area (Å²) >= 11 is 0. The minimum Gasteiger partial charge on any atom is -0.480 e. The number of aliphatic carboxylic acids is 1. The van der Waals surface area contributed by atoms with Gasteiger partial charge in [0.1, 0.15) is 6.04 Å². The number of halogens is 1. The summed E-state index contributed by atoms with van der Waals surface area (Å²) in [4.78, 5) is 17.4. The van der Waals surface area contributed by atoms with Gasteiger partial charge in [-0.1, -0.05) is 23.4 Å². The summed E-state index contributed by atoms with van der Waals surface area (Å²) in [5.41, 5.74) is 1.98. The van der Waals surface area contributed by atoms with Crippen LogP contribution in [-0.2, 0) is 11.3 Å². The molecule has 7 heteroatoms. The molecular formula is C15H18ClN3O3. The van der Waals surface area contributed by atoms with Gasteiger partial charge in [0.05, 0.1) is 6.54 Å². The van der Waals surface area contributed by atoms with E-state index < -0.39 is 12.0 Å². The number of aryl methyl sites for hydroxylation is 1. The lowest BCUT2D eigenvalue weighted by Crippen LogP contribution is -2.35. The van der Waals surface area contributed by atoms with E-state index in [1.165, 1.54) is 0 Å². The van der Waals surface area contributed by atoms with Gasteiger partial charge < -0.3 is 9.63 Å². The standard InChI is InChI=1S/C15H17N3O3.ClH/c1-10-5-2-3-6-11(10)14-16-13(17-21-14)9-18-8-4-7-12(18)15(19)20;/h2-3,5-6,12H,4,7-9H2,1H3,(H,19,20);1H. The Balaban J connectivity index is 0.00000176. The van der Waals surface area contributed by atoms with Crippen LogP contribution in [0.15, 0.2) is 28.8 Å². The molecule has 2 heterocycles. The number of nitrogens with zero attached hydrogens (tertiary/aromatic N) is 3. The average molecular weight is 324 g/mol. The first-order chi connectivity index (χ1) is 10.1. The van der Waals surface area contributed by atoms with Crippen molar-refractivity contribution in [2.45, 2.75) is 32.4 Å². The SMILES string of the molecule is Cc1ccccc1-c1nc(CN2CCCC2C(=O)O)no1.Cl. The van der Waals surface area contributed by atoms with Gasteiger partial charge in [-0.3, -0.25) is 9.69 Å². The van der Waals surface area contributed by atoms with Gasteiger partial charge >= 0.3 is 5.97 Å². The van der Waals surface area contributed by atoms with E-state index in [1.807, 2.05) is 36.1 Å². The molecule has 22 heavy (non-hydrogen) atoms. The smallest absolute Gasteiger partial charge is 0.320 e. The zero-order valence-electron chi connectivity index (χ0n) is 12.2. The Morgan fingerprint density at radius 2 is 2.23 bits per heavy atom. The van der Waals surface area contributed by atoms with E-state index in [-0.39, 0.29) is 12.4 Å². The molecule has 1 aromatic carbocycles. The van der Waals surface area contributed by atoms with Gasteiger partial charge in [0.2, 0.25) is 0 Å². The normalized spacial score (nSPS) is 18.1. The molecule has 0 radical (unpaired) electrons. The second-order valence-corrected chi connectivity index (χ2v) is 5.30. The maximum Gasteiger partial charge on any atom is 0.320 e. The molecule has 6 nitrogen and oxygen atoms in total. The third-order valence-electron chi connectivity index (χ3n) is 3.84. The fourth-order valence-corrected chi connectivity index (χ4v) is 2.72. The fraction of sp³-hybridized carbons (Fsp3) is 0.400. The van der Waals surface area contributed by atoms with Crippen LogP contribution >= 0.6 is 12.4 Å². The van der Waals surface area contributed by atoms with Crippen molar-refractivity contribution in [1.82, 2.24) is 15.0 Å². The van der Waals surface area contributed by atoms with Crippen molar-refractivity contribution < 1.29 is 14.4 Å². The fourth-order valence-electron chi connectivity index (χ4n) is 2.72. The van der Waals surface area contributed by atoms with Crippen LogP contribution in [0.2, 0.25) is 0 Å². The third-order valence-corrected chi connectivity index (χ3v) is 3.84.